The molecule has 0 radical (unpaired) electrons. The quantitative estimate of drug-likeness (QED) is 0.583. The summed E-state index contributed by atoms with van der Waals surface area (Å²) in [5.41, 5.74) is 7.82. The zero-order chi connectivity index (χ0) is 19.1. The average molecular weight is 353 g/mol. The SMILES string of the molecule is CC.CCC1CCCCCc2c(-c3ccc(C(C)C)cc3)nnc(C)c21. The summed E-state index contributed by atoms with van der Waals surface area (Å²) in [6, 6.07) is 8.95. The number of fused-ring (bicyclic) bond motifs is 1. The Kier molecular flexibility index (Phi) is 7.81. The van der Waals surface area contributed by atoms with E-state index in [0.29, 0.717) is 11.8 Å². The number of aromatic nitrogens is 2. The van der Waals surface area contributed by atoms with Crippen LogP contribution in [0.5, 0.6) is 0 Å². The molecule has 2 aromatic rings. The summed E-state index contributed by atoms with van der Waals surface area (Å²) in [5, 5.41) is 9.17. The molecule has 3 rings (SSSR count). The van der Waals surface area contributed by atoms with Crippen LogP contribution in [-0.4, -0.2) is 10.2 Å². The maximum absolute atomic E-state index is 4.63. The van der Waals surface area contributed by atoms with E-state index in [0.717, 1.165) is 17.8 Å². The second-order valence-corrected chi connectivity index (χ2v) is 7.51. The summed E-state index contributed by atoms with van der Waals surface area (Å²) >= 11 is 0. The van der Waals surface area contributed by atoms with E-state index in [-0.39, 0.29) is 0 Å². The molecular weight excluding hydrogens is 316 g/mol. The molecule has 26 heavy (non-hydrogen) atoms. The number of benzene rings is 1. The molecule has 0 bridgehead atoms. The highest BCUT2D eigenvalue weighted by atomic mass is 15.1. The fraction of sp³-hybridized carbons (Fsp3) is 0.583. The van der Waals surface area contributed by atoms with Gasteiger partial charge in [-0.15, -0.1) is 5.10 Å². The van der Waals surface area contributed by atoms with Crippen LogP contribution < -0.4 is 0 Å². The van der Waals surface area contributed by atoms with Crippen molar-refractivity contribution in [3.63, 3.8) is 0 Å². The Bertz CT molecular complexity index is 686. The van der Waals surface area contributed by atoms with Crippen LogP contribution in [0.2, 0.25) is 0 Å². The molecule has 0 fully saturated rings. The Morgan fingerprint density at radius 1 is 1.00 bits per heavy atom. The van der Waals surface area contributed by atoms with Gasteiger partial charge in [0.05, 0.1) is 11.4 Å². The topological polar surface area (TPSA) is 25.8 Å². The number of aryl methyl sites for hydroxylation is 1. The summed E-state index contributed by atoms with van der Waals surface area (Å²) in [7, 11) is 0. The molecule has 142 valence electrons. The Hall–Kier alpha value is -1.70. The highest BCUT2D eigenvalue weighted by Crippen LogP contribution is 2.37. The third-order valence-electron chi connectivity index (χ3n) is 5.53. The van der Waals surface area contributed by atoms with Gasteiger partial charge in [0.15, 0.2) is 0 Å². The molecule has 1 aromatic carbocycles. The van der Waals surface area contributed by atoms with Gasteiger partial charge < -0.3 is 0 Å². The standard InChI is InChI=1S/C22H30N2.C2H6/c1-5-17-9-7-6-8-10-20-21(17)16(4)23-24-22(20)19-13-11-18(12-14-19)15(2)3;1-2/h11-15,17H,5-10H2,1-4H3;1-2H3. The first kappa shape index (κ1) is 20.6. The van der Waals surface area contributed by atoms with E-state index < -0.39 is 0 Å². The predicted molar refractivity (Wildman–Crippen MR) is 113 cm³/mol. The minimum atomic E-state index is 0.563. The molecule has 2 heteroatoms. The van der Waals surface area contributed by atoms with Gasteiger partial charge in [0, 0.05) is 5.56 Å². The fourth-order valence-corrected chi connectivity index (χ4v) is 4.06. The second kappa shape index (κ2) is 9.85. The van der Waals surface area contributed by atoms with Crippen molar-refractivity contribution in [2.75, 3.05) is 0 Å². The van der Waals surface area contributed by atoms with Crippen molar-refractivity contribution in [1.29, 1.82) is 0 Å². The van der Waals surface area contributed by atoms with Crippen LogP contribution in [0.4, 0.5) is 0 Å². The predicted octanol–water partition coefficient (Wildman–Crippen LogP) is 7.21. The number of rotatable bonds is 3. The van der Waals surface area contributed by atoms with Crippen molar-refractivity contribution in [2.45, 2.75) is 91.9 Å². The zero-order valence-electron chi connectivity index (χ0n) is 17.6. The summed E-state index contributed by atoms with van der Waals surface area (Å²) < 4.78 is 0. The van der Waals surface area contributed by atoms with Gasteiger partial charge in [-0.3, -0.25) is 0 Å². The number of hydrogen-bond donors (Lipinski definition) is 0. The van der Waals surface area contributed by atoms with Crippen molar-refractivity contribution < 1.29 is 0 Å². The molecule has 0 aliphatic heterocycles. The van der Waals surface area contributed by atoms with Crippen LogP contribution in [0.25, 0.3) is 11.3 Å². The molecule has 1 aliphatic rings. The first-order chi connectivity index (χ1) is 12.6. The highest BCUT2D eigenvalue weighted by Gasteiger charge is 2.23. The molecule has 0 amide bonds. The smallest absolute Gasteiger partial charge is 0.0964 e. The molecule has 0 saturated carbocycles. The summed E-state index contributed by atoms with van der Waals surface area (Å²) in [6.45, 7) is 12.9. The molecule has 0 saturated heterocycles. The Labute approximate surface area is 160 Å². The van der Waals surface area contributed by atoms with Crippen LogP contribution >= 0.6 is 0 Å². The second-order valence-electron chi connectivity index (χ2n) is 7.51. The molecule has 1 atom stereocenters. The van der Waals surface area contributed by atoms with Crippen molar-refractivity contribution in [1.82, 2.24) is 10.2 Å². The third kappa shape index (κ3) is 4.52. The molecule has 1 aromatic heterocycles. The van der Waals surface area contributed by atoms with Crippen molar-refractivity contribution in [3.8, 4) is 11.3 Å². The highest BCUT2D eigenvalue weighted by molar-refractivity contribution is 5.65. The Morgan fingerprint density at radius 3 is 2.31 bits per heavy atom. The molecule has 0 N–H and O–H groups in total. The van der Waals surface area contributed by atoms with E-state index in [4.69, 9.17) is 0 Å². The van der Waals surface area contributed by atoms with Gasteiger partial charge in [-0.1, -0.05) is 71.7 Å². The maximum atomic E-state index is 4.63. The molecule has 2 nitrogen and oxygen atoms in total. The van der Waals surface area contributed by atoms with Gasteiger partial charge in [0.2, 0.25) is 0 Å². The summed E-state index contributed by atoms with van der Waals surface area (Å²) in [5.74, 6) is 1.21. The lowest BCUT2D eigenvalue weighted by atomic mass is 9.81. The third-order valence-corrected chi connectivity index (χ3v) is 5.53. The van der Waals surface area contributed by atoms with E-state index >= 15 is 0 Å². The van der Waals surface area contributed by atoms with Crippen LogP contribution in [0.15, 0.2) is 24.3 Å². The van der Waals surface area contributed by atoms with Crippen LogP contribution in [0.3, 0.4) is 0 Å². The maximum Gasteiger partial charge on any atom is 0.0964 e. The Morgan fingerprint density at radius 2 is 1.69 bits per heavy atom. The van der Waals surface area contributed by atoms with Crippen LogP contribution in [-0.2, 0) is 6.42 Å². The molecule has 1 unspecified atom stereocenters. The lowest BCUT2D eigenvalue weighted by molar-refractivity contribution is 0.517. The van der Waals surface area contributed by atoms with Crippen molar-refractivity contribution in [3.05, 3.63) is 46.6 Å². The zero-order valence-corrected chi connectivity index (χ0v) is 17.6. The molecule has 1 aliphatic carbocycles. The normalized spacial score (nSPS) is 17.0. The number of hydrogen-bond acceptors (Lipinski definition) is 2. The average Bonchev–Trinajstić information content (AvgIpc) is 2.65. The van der Waals surface area contributed by atoms with Gasteiger partial charge in [0.1, 0.15) is 0 Å². The minimum Gasteiger partial charge on any atom is -0.155 e. The van der Waals surface area contributed by atoms with Gasteiger partial charge in [0.25, 0.3) is 0 Å². The van der Waals surface area contributed by atoms with E-state index in [1.165, 1.54) is 54.4 Å². The van der Waals surface area contributed by atoms with Crippen molar-refractivity contribution in [2.24, 2.45) is 0 Å². The Balaban J connectivity index is 0.00000117. The molecule has 1 heterocycles. The lowest BCUT2D eigenvalue weighted by Gasteiger charge is -2.25. The lowest BCUT2D eigenvalue weighted by Crippen LogP contribution is -2.12. The molecular formula is C24H36N2. The van der Waals surface area contributed by atoms with Gasteiger partial charge in [-0.05, 0) is 61.1 Å². The summed E-state index contributed by atoms with van der Waals surface area (Å²) in [4.78, 5) is 0. The van der Waals surface area contributed by atoms with Crippen molar-refractivity contribution >= 4 is 0 Å². The van der Waals surface area contributed by atoms with Gasteiger partial charge in [-0.25, -0.2) is 0 Å². The fourth-order valence-electron chi connectivity index (χ4n) is 4.06. The minimum absolute atomic E-state index is 0.563. The first-order valence-electron chi connectivity index (χ1n) is 10.6. The van der Waals surface area contributed by atoms with Gasteiger partial charge >= 0.3 is 0 Å². The van der Waals surface area contributed by atoms with Gasteiger partial charge in [-0.2, -0.15) is 5.10 Å². The van der Waals surface area contributed by atoms with E-state index in [2.05, 4.69) is 62.2 Å². The largest absolute Gasteiger partial charge is 0.155 e. The first-order valence-corrected chi connectivity index (χ1v) is 10.6. The summed E-state index contributed by atoms with van der Waals surface area (Å²) in [6.07, 6.45) is 7.59. The number of nitrogens with zero attached hydrogens (tertiary/aromatic N) is 2. The monoisotopic (exact) mass is 352 g/mol. The van der Waals surface area contributed by atoms with E-state index in [9.17, 15) is 0 Å². The van der Waals surface area contributed by atoms with E-state index in [1.54, 1.807) is 0 Å². The molecule has 0 spiro atoms. The van der Waals surface area contributed by atoms with Crippen LogP contribution in [0.1, 0.15) is 101 Å². The van der Waals surface area contributed by atoms with E-state index in [1.807, 2.05) is 13.8 Å². The van der Waals surface area contributed by atoms with Crippen LogP contribution in [0, 0.1) is 6.92 Å².